The number of benzene rings is 1. The van der Waals surface area contributed by atoms with E-state index in [1.807, 2.05) is 0 Å². The molecule has 1 aliphatic rings. The molecule has 1 fully saturated rings. The van der Waals surface area contributed by atoms with Gasteiger partial charge >= 0.3 is 0 Å². The van der Waals surface area contributed by atoms with E-state index >= 15 is 0 Å². The number of aliphatic hydroxyl groups is 1. The summed E-state index contributed by atoms with van der Waals surface area (Å²) in [6.07, 6.45) is 3.28. The summed E-state index contributed by atoms with van der Waals surface area (Å²) in [7, 11) is 0. The van der Waals surface area contributed by atoms with Gasteiger partial charge in [0.15, 0.2) is 5.75 Å². The predicted octanol–water partition coefficient (Wildman–Crippen LogP) is 1.35. The molecule has 7 nitrogen and oxygen atoms in total. The van der Waals surface area contributed by atoms with Crippen LogP contribution in [0.2, 0.25) is 0 Å². The topological polar surface area (TPSA) is 89.8 Å². The molecule has 0 spiro atoms. The van der Waals surface area contributed by atoms with Crippen LogP contribution in [0.5, 0.6) is 5.75 Å². The normalized spacial score (nSPS) is 16.1. The van der Waals surface area contributed by atoms with E-state index in [0.29, 0.717) is 18.7 Å². The zero-order valence-electron chi connectivity index (χ0n) is 15.4. The summed E-state index contributed by atoms with van der Waals surface area (Å²) in [5.74, 6) is -0.718. The second-order valence-electron chi connectivity index (χ2n) is 6.60. The van der Waals surface area contributed by atoms with E-state index in [1.165, 1.54) is 22.9 Å². The monoisotopic (exact) mass is 390 g/mol. The summed E-state index contributed by atoms with van der Waals surface area (Å²) >= 11 is 0. The van der Waals surface area contributed by atoms with E-state index in [-0.39, 0.29) is 36.6 Å². The first-order valence-electron chi connectivity index (χ1n) is 9.15. The molecule has 150 valence electrons. The second-order valence-corrected chi connectivity index (χ2v) is 6.60. The SMILES string of the molecule is O=C(Cn1cc(OCc2ccccc2F)c(=O)cc1CO)NC[C@H]1CCCO1. The van der Waals surface area contributed by atoms with Crippen LogP contribution in [-0.4, -0.2) is 34.8 Å². The Bertz CT molecular complexity index is 877. The van der Waals surface area contributed by atoms with Crippen molar-refractivity contribution in [1.29, 1.82) is 0 Å². The average molecular weight is 390 g/mol. The molecule has 0 radical (unpaired) electrons. The Morgan fingerprint density at radius 1 is 1.39 bits per heavy atom. The zero-order valence-corrected chi connectivity index (χ0v) is 15.4. The van der Waals surface area contributed by atoms with Crippen molar-refractivity contribution in [2.45, 2.75) is 38.7 Å². The average Bonchev–Trinajstić information content (AvgIpc) is 3.21. The number of amides is 1. The van der Waals surface area contributed by atoms with Gasteiger partial charge in [0.05, 0.1) is 18.9 Å². The smallest absolute Gasteiger partial charge is 0.240 e. The quantitative estimate of drug-likeness (QED) is 0.710. The summed E-state index contributed by atoms with van der Waals surface area (Å²) in [5, 5.41) is 12.3. The van der Waals surface area contributed by atoms with Crippen molar-refractivity contribution in [3.8, 4) is 5.75 Å². The van der Waals surface area contributed by atoms with Gasteiger partial charge in [-0.1, -0.05) is 18.2 Å². The molecule has 1 aromatic carbocycles. The first-order valence-corrected chi connectivity index (χ1v) is 9.15. The molecule has 1 amide bonds. The van der Waals surface area contributed by atoms with Gasteiger partial charge in [-0.05, 0) is 18.9 Å². The highest BCUT2D eigenvalue weighted by atomic mass is 19.1. The van der Waals surface area contributed by atoms with Crippen LogP contribution in [0.4, 0.5) is 4.39 Å². The Labute approximate surface area is 161 Å². The molecule has 28 heavy (non-hydrogen) atoms. The van der Waals surface area contributed by atoms with Gasteiger partial charge < -0.3 is 24.5 Å². The Kier molecular flexibility index (Phi) is 6.78. The lowest BCUT2D eigenvalue weighted by atomic mass is 10.2. The summed E-state index contributed by atoms with van der Waals surface area (Å²) < 4.78 is 26.1. The predicted molar refractivity (Wildman–Crippen MR) is 99.3 cm³/mol. The third kappa shape index (κ3) is 5.17. The molecule has 0 unspecified atom stereocenters. The van der Waals surface area contributed by atoms with Gasteiger partial charge in [0.1, 0.15) is 19.0 Å². The van der Waals surface area contributed by atoms with Crippen LogP contribution >= 0.6 is 0 Å². The highest BCUT2D eigenvalue weighted by Crippen LogP contribution is 2.13. The second kappa shape index (κ2) is 9.48. The van der Waals surface area contributed by atoms with Gasteiger partial charge in [-0.25, -0.2) is 4.39 Å². The van der Waals surface area contributed by atoms with Crippen molar-refractivity contribution in [2.75, 3.05) is 13.2 Å². The number of hydrogen-bond donors (Lipinski definition) is 2. The number of pyridine rings is 1. The Morgan fingerprint density at radius 2 is 2.21 bits per heavy atom. The summed E-state index contributed by atoms with van der Waals surface area (Å²) in [5.41, 5.74) is 0.154. The number of nitrogens with one attached hydrogen (secondary N) is 1. The largest absolute Gasteiger partial charge is 0.483 e. The van der Waals surface area contributed by atoms with Crippen LogP contribution < -0.4 is 15.5 Å². The zero-order chi connectivity index (χ0) is 19.9. The van der Waals surface area contributed by atoms with Crippen LogP contribution in [-0.2, 0) is 29.3 Å². The van der Waals surface area contributed by atoms with Crippen LogP contribution in [0.1, 0.15) is 24.1 Å². The highest BCUT2D eigenvalue weighted by Gasteiger charge is 2.17. The van der Waals surface area contributed by atoms with Gasteiger partial charge in [0.25, 0.3) is 0 Å². The van der Waals surface area contributed by atoms with Crippen molar-refractivity contribution in [2.24, 2.45) is 0 Å². The number of aliphatic hydroxyl groups excluding tert-OH is 1. The number of carbonyl (C=O) groups excluding carboxylic acids is 1. The minimum atomic E-state index is -0.448. The lowest BCUT2D eigenvalue weighted by molar-refractivity contribution is -0.122. The Hall–Kier alpha value is -2.71. The molecular weight excluding hydrogens is 367 g/mol. The van der Waals surface area contributed by atoms with Gasteiger partial charge in [-0.15, -0.1) is 0 Å². The number of ether oxygens (including phenoxy) is 2. The molecule has 3 rings (SSSR count). The number of rotatable bonds is 8. The van der Waals surface area contributed by atoms with Crippen LogP contribution in [0.25, 0.3) is 0 Å². The van der Waals surface area contributed by atoms with Crippen molar-refractivity contribution in [3.05, 3.63) is 63.8 Å². The van der Waals surface area contributed by atoms with E-state index in [1.54, 1.807) is 18.2 Å². The maximum absolute atomic E-state index is 13.7. The van der Waals surface area contributed by atoms with Gasteiger partial charge in [0, 0.05) is 30.5 Å². The van der Waals surface area contributed by atoms with Crippen LogP contribution in [0, 0.1) is 5.82 Å². The molecule has 2 aromatic rings. The fourth-order valence-corrected chi connectivity index (χ4v) is 3.00. The van der Waals surface area contributed by atoms with Gasteiger partial charge in [0.2, 0.25) is 11.3 Å². The van der Waals surface area contributed by atoms with E-state index < -0.39 is 17.9 Å². The first kappa shape index (κ1) is 20.0. The molecule has 0 saturated carbocycles. The Balaban J connectivity index is 1.67. The third-order valence-electron chi connectivity index (χ3n) is 4.55. The van der Waals surface area contributed by atoms with Gasteiger partial charge in [-0.2, -0.15) is 0 Å². The van der Waals surface area contributed by atoms with E-state index in [0.717, 1.165) is 12.8 Å². The molecule has 0 bridgehead atoms. The van der Waals surface area contributed by atoms with E-state index in [9.17, 15) is 19.1 Å². The number of nitrogens with zero attached hydrogens (tertiary/aromatic N) is 1. The lowest BCUT2D eigenvalue weighted by Crippen LogP contribution is -2.34. The number of hydrogen-bond acceptors (Lipinski definition) is 5. The fourth-order valence-electron chi connectivity index (χ4n) is 3.00. The van der Waals surface area contributed by atoms with Crippen molar-refractivity contribution < 1.29 is 23.8 Å². The number of aromatic nitrogens is 1. The summed E-state index contributed by atoms with van der Waals surface area (Å²) in [6, 6.07) is 7.33. The molecule has 2 N–H and O–H groups in total. The highest BCUT2D eigenvalue weighted by molar-refractivity contribution is 5.75. The number of halogens is 1. The number of carbonyl (C=O) groups is 1. The molecular formula is C20H23FN2O5. The van der Waals surface area contributed by atoms with E-state index in [2.05, 4.69) is 5.32 Å². The molecule has 1 atom stereocenters. The maximum Gasteiger partial charge on any atom is 0.240 e. The molecule has 0 aliphatic carbocycles. The van der Waals surface area contributed by atoms with Gasteiger partial charge in [-0.3, -0.25) is 9.59 Å². The van der Waals surface area contributed by atoms with E-state index in [4.69, 9.17) is 9.47 Å². The molecule has 2 heterocycles. The van der Waals surface area contributed by atoms with Crippen LogP contribution in [0.3, 0.4) is 0 Å². The van der Waals surface area contributed by atoms with Crippen molar-refractivity contribution >= 4 is 5.91 Å². The first-order chi connectivity index (χ1) is 13.6. The molecule has 8 heteroatoms. The summed E-state index contributed by atoms with van der Waals surface area (Å²) in [4.78, 5) is 24.4. The molecule has 1 aliphatic heterocycles. The molecule has 1 aromatic heterocycles. The third-order valence-corrected chi connectivity index (χ3v) is 4.55. The lowest BCUT2D eigenvalue weighted by Gasteiger charge is -2.15. The van der Waals surface area contributed by atoms with Crippen LogP contribution in [0.15, 0.2) is 41.3 Å². The fraction of sp³-hybridized carbons (Fsp3) is 0.400. The maximum atomic E-state index is 13.7. The standard InChI is InChI=1S/C20H23FN2O5/c21-17-6-2-1-4-14(17)13-28-19-10-23(15(12-24)8-18(19)25)11-20(26)22-9-16-5-3-7-27-16/h1-2,4,6,8,10,16,24H,3,5,7,9,11-13H2,(H,22,26)/t16-/m1/s1. The minimum absolute atomic E-state index is 0.0209. The van der Waals surface area contributed by atoms with Crippen molar-refractivity contribution in [3.63, 3.8) is 0 Å². The molecule has 1 saturated heterocycles. The minimum Gasteiger partial charge on any atom is -0.483 e. The summed E-state index contributed by atoms with van der Waals surface area (Å²) in [6.45, 7) is 0.522. The van der Waals surface area contributed by atoms with Crippen molar-refractivity contribution in [1.82, 2.24) is 9.88 Å². The Morgan fingerprint density at radius 3 is 2.93 bits per heavy atom.